The van der Waals surface area contributed by atoms with Crippen LogP contribution in [0, 0.1) is 29.6 Å². The van der Waals surface area contributed by atoms with Gasteiger partial charge in [-0.05, 0) is 62.2 Å². The van der Waals surface area contributed by atoms with Gasteiger partial charge < -0.3 is 5.11 Å². The van der Waals surface area contributed by atoms with E-state index in [4.69, 9.17) is 0 Å². The van der Waals surface area contributed by atoms with Crippen molar-refractivity contribution in [1.29, 1.82) is 0 Å². The van der Waals surface area contributed by atoms with E-state index in [-0.39, 0.29) is 6.10 Å². The number of hydrogen-bond donors (Lipinski definition) is 1. The quantitative estimate of drug-likeness (QED) is 0.670. The van der Waals surface area contributed by atoms with E-state index < -0.39 is 0 Å². The Kier molecular flexibility index (Phi) is 6.34. The van der Waals surface area contributed by atoms with Crippen molar-refractivity contribution in [2.45, 2.75) is 85.2 Å². The van der Waals surface area contributed by atoms with Gasteiger partial charge in [0.05, 0.1) is 6.10 Å². The fraction of sp³-hybridized carbons (Fsp3) is 0.900. The van der Waals surface area contributed by atoms with Crippen LogP contribution in [0.3, 0.4) is 0 Å². The van der Waals surface area contributed by atoms with Gasteiger partial charge in [0.1, 0.15) is 0 Å². The summed E-state index contributed by atoms with van der Waals surface area (Å²) in [5.74, 6) is 3.40. The summed E-state index contributed by atoms with van der Waals surface area (Å²) in [6, 6.07) is 0. The molecular formula is C20H36O. The van der Waals surface area contributed by atoms with Gasteiger partial charge in [-0.3, -0.25) is 0 Å². The lowest BCUT2D eigenvalue weighted by Crippen LogP contribution is -2.35. The Morgan fingerprint density at radius 1 is 1.00 bits per heavy atom. The van der Waals surface area contributed by atoms with Crippen molar-refractivity contribution in [3.05, 3.63) is 11.6 Å². The second-order valence-electron chi connectivity index (χ2n) is 8.23. The normalized spacial score (nSPS) is 34.2. The number of allylic oxidation sites excluding steroid dienone is 1. The molecule has 2 fully saturated rings. The summed E-state index contributed by atoms with van der Waals surface area (Å²) in [5.41, 5.74) is 1.46. The average Bonchev–Trinajstić information content (AvgIpc) is 2.47. The Balaban J connectivity index is 2.03. The van der Waals surface area contributed by atoms with Gasteiger partial charge in [-0.2, -0.15) is 0 Å². The first-order valence-corrected chi connectivity index (χ1v) is 9.35. The van der Waals surface area contributed by atoms with Crippen molar-refractivity contribution in [3.63, 3.8) is 0 Å². The average molecular weight is 293 g/mol. The van der Waals surface area contributed by atoms with Crippen LogP contribution in [-0.4, -0.2) is 11.2 Å². The molecule has 0 aliphatic heterocycles. The van der Waals surface area contributed by atoms with Crippen LogP contribution in [0.2, 0.25) is 0 Å². The Morgan fingerprint density at radius 2 is 1.67 bits per heavy atom. The first-order valence-electron chi connectivity index (χ1n) is 9.35. The Morgan fingerprint density at radius 3 is 2.29 bits per heavy atom. The van der Waals surface area contributed by atoms with Crippen LogP contribution in [-0.2, 0) is 0 Å². The maximum Gasteiger partial charge on any atom is 0.0754 e. The molecule has 0 heterocycles. The van der Waals surface area contributed by atoms with E-state index in [1.165, 1.54) is 56.9 Å². The second-order valence-corrected chi connectivity index (χ2v) is 8.23. The zero-order valence-electron chi connectivity index (χ0n) is 14.6. The predicted octanol–water partition coefficient (Wildman–Crippen LogP) is 5.58. The standard InChI is InChI=1S/C20H36O/c1-14(2)18-11-10-15(3)12-19(18)20(21)13-16(4)17-8-6-5-7-9-17/h13-15,17-21H,5-12H2,1-4H3/b16-13+/t15-,18+,19-,20+/m1/s1. The van der Waals surface area contributed by atoms with Gasteiger partial charge in [0, 0.05) is 0 Å². The van der Waals surface area contributed by atoms with Gasteiger partial charge >= 0.3 is 0 Å². The molecule has 0 spiro atoms. The fourth-order valence-electron chi connectivity index (χ4n) is 4.76. The van der Waals surface area contributed by atoms with Gasteiger partial charge in [0.15, 0.2) is 0 Å². The van der Waals surface area contributed by atoms with Crippen LogP contribution >= 0.6 is 0 Å². The molecule has 0 saturated heterocycles. The van der Waals surface area contributed by atoms with E-state index in [0.29, 0.717) is 17.8 Å². The molecule has 0 radical (unpaired) electrons. The highest BCUT2D eigenvalue weighted by atomic mass is 16.3. The molecule has 122 valence electrons. The summed E-state index contributed by atoms with van der Waals surface area (Å²) in [4.78, 5) is 0. The van der Waals surface area contributed by atoms with Gasteiger partial charge in [-0.15, -0.1) is 0 Å². The van der Waals surface area contributed by atoms with E-state index in [1.54, 1.807) is 0 Å². The van der Waals surface area contributed by atoms with Crippen molar-refractivity contribution in [1.82, 2.24) is 0 Å². The molecule has 0 amide bonds. The Hall–Kier alpha value is -0.300. The molecule has 0 unspecified atom stereocenters. The lowest BCUT2D eigenvalue weighted by molar-refractivity contribution is 0.0419. The molecule has 2 aliphatic carbocycles. The summed E-state index contributed by atoms with van der Waals surface area (Å²) in [5, 5.41) is 10.8. The Bertz CT molecular complexity index is 338. The minimum atomic E-state index is -0.220. The highest BCUT2D eigenvalue weighted by Gasteiger charge is 2.34. The maximum absolute atomic E-state index is 10.8. The molecule has 21 heavy (non-hydrogen) atoms. The molecule has 2 aliphatic rings. The summed E-state index contributed by atoms with van der Waals surface area (Å²) >= 11 is 0. The van der Waals surface area contributed by atoms with E-state index in [2.05, 4.69) is 33.8 Å². The molecule has 1 heteroatoms. The highest BCUT2D eigenvalue weighted by Crippen LogP contribution is 2.40. The first-order chi connectivity index (χ1) is 9.99. The third-order valence-corrected chi connectivity index (χ3v) is 6.20. The zero-order valence-corrected chi connectivity index (χ0v) is 14.6. The summed E-state index contributed by atoms with van der Waals surface area (Å²) in [6.07, 6.45) is 12.7. The molecule has 2 saturated carbocycles. The molecule has 4 atom stereocenters. The molecule has 1 nitrogen and oxygen atoms in total. The van der Waals surface area contributed by atoms with Gasteiger partial charge in [0.25, 0.3) is 0 Å². The lowest BCUT2D eigenvalue weighted by atomic mass is 9.67. The van der Waals surface area contributed by atoms with E-state index >= 15 is 0 Å². The van der Waals surface area contributed by atoms with Crippen LogP contribution in [0.1, 0.15) is 79.1 Å². The Labute approximate surface area is 132 Å². The molecule has 0 bridgehead atoms. The van der Waals surface area contributed by atoms with Crippen molar-refractivity contribution < 1.29 is 5.11 Å². The molecule has 0 aromatic heterocycles. The van der Waals surface area contributed by atoms with Crippen LogP contribution in [0.15, 0.2) is 11.6 Å². The number of rotatable bonds is 4. The van der Waals surface area contributed by atoms with Crippen LogP contribution in [0.5, 0.6) is 0 Å². The molecule has 1 N–H and O–H groups in total. The SMILES string of the molecule is C/C(=C\[C@H](O)[C@@H]1C[C@H](C)CC[C@H]1C(C)C)C1CCCCC1. The third-order valence-electron chi connectivity index (χ3n) is 6.20. The minimum Gasteiger partial charge on any atom is -0.389 e. The van der Waals surface area contributed by atoms with Crippen molar-refractivity contribution in [2.75, 3.05) is 0 Å². The van der Waals surface area contributed by atoms with Gasteiger partial charge in [0.2, 0.25) is 0 Å². The third kappa shape index (κ3) is 4.58. The largest absolute Gasteiger partial charge is 0.389 e. The molecule has 2 rings (SSSR count). The lowest BCUT2D eigenvalue weighted by Gasteiger charge is -2.39. The number of hydrogen-bond acceptors (Lipinski definition) is 1. The second kappa shape index (κ2) is 7.81. The van der Waals surface area contributed by atoms with Crippen molar-refractivity contribution >= 4 is 0 Å². The maximum atomic E-state index is 10.8. The number of aliphatic hydroxyl groups is 1. The van der Waals surface area contributed by atoms with Crippen LogP contribution in [0.4, 0.5) is 0 Å². The topological polar surface area (TPSA) is 20.2 Å². The van der Waals surface area contributed by atoms with Crippen molar-refractivity contribution in [2.24, 2.45) is 29.6 Å². The summed E-state index contributed by atoms with van der Waals surface area (Å²) in [6.45, 7) is 9.28. The molecule has 0 aromatic carbocycles. The minimum absolute atomic E-state index is 0.220. The fourth-order valence-corrected chi connectivity index (χ4v) is 4.76. The molecule has 0 aromatic rings. The van der Waals surface area contributed by atoms with E-state index in [1.807, 2.05) is 0 Å². The number of aliphatic hydroxyl groups excluding tert-OH is 1. The highest BCUT2D eigenvalue weighted by molar-refractivity contribution is 5.09. The van der Waals surface area contributed by atoms with Crippen LogP contribution in [0.25, 0.3) is 0 Å². The smallest absolute Gasteiger partial charge is 0.0754 e. The van der Waals surface area contributed by atoms with Gasteiger partial charge in [-0.25, -0.2) is 0 Å². The predicted molar refractivity (Wildman–Crippen MR) is 91.2 cm³/mol. The first kappa shape index (κ1) is 17.1. The van der Waals surface area contributed by atoms with Gasteiger partial charge in [-0.1, -0.05) is 58.1 Å². The molecular weight excluding hydrogens is 256 g/mol. The van der Waals surface area contributed by atoms with E-state index in [9.17, 15) is 5.11 Å². The van der Waals surface area contributed by atoms with Crippen molar-refractivity contribution in [3.8, 4) is 0 Å². The summed E-state index contributed by atoms with van der Waals surface area (Å²) < 4.78 is 0. The van der Waals surface area contributed by atoms with Crippen LogP contribution < -0.4 is 0 Å². The monoisotopic (exact) mass is 292 g/mol. The summed E-state index contributed by atoms with van der Waals surface area (Å²) in [7, 11) is 0. The zero-order chi connectivity index (χ0) is 15.4. The van der Waals surface area contributed by atoms with E-state index in [0.717, 1.165) is 11.8 Å².